The second-order valence-corrected chi connectivity index (χ2v) is 7.29. The van der Waals surface area contributed by atoms with Crippen LogP contribution in [0.4, 0.5) is 4.39 Å². The first-order chi connectivity index (χ1) is 13.6. The van der Waals surface area contributed by atoms with Gasteiger partial charge in [0.2, 0.25) is 0 Å². The van der Waals surface area contributed by atoms with Crippen LogP contribution in [0.3, 0.4) is 0 Å². The Kier molecular flexibility index (Phi) is 6.84. The molecule has 5 nitrogen and oxygen atoms in total. The van der Waals surface area contributed by atoms with Crippen LogP contribution in [0, 0.1) is 12.7 Å². The predicted octanol–water partition coefficient (Wildman–Crippen LogP) is 4.11. The van der Waals surface area contributed by atoms with E-state index < -0.39 is 6.10 Å². The minimum atomic E-state index is -0.658. The van der Waals surface area contributed by atoms with Crippen molar-refractivity contribution >= 4 is 11.8 Å². The molecule has 3 rings (SSSR count). The Morgan fingerprint density at radius 3 is 2.57 bits per heavy atom. The van der Waals surface area contributed by atoms with Gasteiger partial charge in [-0.3, -0.25) is 4.57 Å². The summed E-state index contributed by atoms with van der Waals surface area (Å²) in [7, 11) is 0. The minimum Gasteiger partial charge on any atom is -0.491 e. The number of aliphatic hydroxyl groups excluding tert-OH is 1. The number of aliphatic hydroxyl groups is 1. The summed E-state index contributed by atoms with van der Waals surface area (Å²) in [6, 6.07) is 13.8. The van der Waals surface area contributed by atoms with Gasteiger partial charge in [0.25, 0.3) is 0 Å². The number of thioether (sulfide) groups is 1. The molecule has 0 spiro atoms. The quantitative estimate of drug-likeness (QED) is 0.433. The molecular formula is C21H22FN3O2S. The molecule has 0 fully saturated rings. The summed E-state index contributed by atoms with van der Waals surface area (Å²) in [5, 5.41) is 19.3. The molecule has 1 heterocycles. The number of nitrogens with zero attached hydrogens (tertiary/aromatic N) is 3. The van der Waals surface area contributed by atoms with Crippen LogP contribution >= 0.6 is 11.8 Å². The van der Waals surface area contributed by atoms with Gasteiger partial charge in [-0.15, -0.1) is 16.8 Å². The molecule has 3 aromatic rings. The second-order valence-electron chi connectivity index (χ2n) is 6.30. The number of allylic oxidation sites excluding steroid dienone is 1. The van der Waals surface area contributed by atoms with E-state index >= 15 is 0 Å². The Bertz CT molecular complexity index is 910. The van der Waals surface area contributed by atoms with Gasteiger partial charge in [-0.1, -0.05) is 35.5 Å². The van der Waals surface area contributed by atoms with Gasteiger partial charge in [0.15, 0.2) is 11.0 Å². The third-order valence-corrected chi connectivity index (χ3v) is 5.11. The third kappa shape index (κ3) is 5.21. The fourth-order valence-corrected chi connectivity index (χ4v) is 3.40. The van der Waals surface area contributed by atoms with Crippen molar-refractivity contribution < 1.29 is 14.2 Å². The van der Waals surface area contributed by atoms with Crippen molar-refractivity contribution in [2.24, 2.45) is 0 Å². The summed E-state index contributed by atoms with van der Waals surface area (Å²) in [6.45, 7) is 6.49. The van der Waals surface area contributed by atoms with Crippen LogP contribution in [0.1, 0.15) is 5.56 Å². The van der Waals surface area contributed by atoms with Crippen molar-refractivity contribution in [2.75, 3.05) is 12.4 Å². The molecule has 1 aromatic heterocycles. The molecule has 0 bridgehead atoms. The van der Waals surface area contributed by atoms with Gasteiger partial charge in [-0.2, -0.15) is 0 Å². The van der Waals surface area contributed by atoms with Crippen molar-refractivity contribution in [3.63, 3.8) is 0 Å². The van der Waals surface area contributed by atoms with E-state index in [1.807, 2.05) is 35.8 Å². The van der Waals surface area contributed by atoms with Gasteiger partial charge in [0.05, 0.1) is 6.10 Å². The fourth-order valence-electron chi connectivity index (χ4n) is 2.55. The Morgan fingerprint density at radius 1 is 1.18 bits per heavy atom. The Hall–Kier alpha value is -2.64. The molecule has 0 saturated heterocycles. The van der Waals surface area contributed by atoms with Crippen molar-refractivity contribution in [3.05, 3.63) is 72.6 Å². The van der Waals surface area contributed by atoms with Crippen LogP contribution in [0.2, 0.25) is 0 Å². The van der Waals surface area contributed by atoms with Crippen molar-refractivity contribution in [3.8, 4) is 17.1 Å². The number of aromatic nitrogens is 3. The lowest BCUT2D eigenvalue weighted by Gasteiger charge is -2.13. The number of halogens is 1. The first-order valence-electron chi connectivity index (χ1n) is 8.87. The number of aryl methyl sites for hydroxylation is 1. The van der Waals surface area contributed by atoms with Crippen LogP contribution in [0.5, 0.6) is 5.75 Å². The molecule has 146 valence electrons. The summed E-state index contributed by atoms with van der Waals surface area (Å²) in [5.74, 6) is 1.46. The van der Waals surface area contributed by atoms with E-state index in [-0.39, 0.29) is 12.4 Å². The first-order valence-corrected chi connectivity index (χ1v) is 9.85. The molecule has 0 radical (unpaired) electrons. The lowest BCUT2D eigenvalue weighted by Crippen LogP contribution is -2.20. The largest absolute Gasteiger partial charge is 0.491 e. The fraction of sp³-hybridized carbons (Fsp3) is 0.238. The molecule has 28 heavy (non-hydrogen) atoms. The maximum absolute atomic E-state index is 13.2. The molecule has 1 N–H and O–H groups in total. The van der Waals surface area contributed by atoms with E-state index in [1.165, 1.54) is 23.9 Å². The zero-order valence-corrected chi connectivity index (χ0v) is 16.4. The Balaban J connectivity index is 1.62. The van der Waals surface area contributed by atoms with Crippen LogP contribution in [-0.2, 0) is 6.54 Å². The SMILES string of the molecule is C=CCn1c(SC[C@H](O)COc2ccc(C)cc2)nnc1-c1ccc(F)cc1. The average molecular weight is 399 g/mol. The average Bonchev–Trinajstić information content (AvgIpc) is 3.09. The van der Waals surface area contributed by atoms with Crippen LogP contribution in [0.15, 0.2) is 66.3 Å². The van der Waals surface area contributed by atoms with E-state index in [1.54, 1.807) is 18.2 Å². The molecule has 0 aliphatic rings. The van der Waals surface area contributed by atoms with E-state index in [9.17, 15) is 9.50 Å². The summed E-state index contributed by atoms with van der Waals surface area (Å²) in [4.78, 5) is 0. The second kappa shape index (κ2) is 9.52. The molecule has 0 saturated carbocycles. The zero-order chi connectivity index (χ0) is 19.9. The summed E-state index contributed by atoms with van der Waals surface area (Å²) < 4.78 is 20.7. The van der Waals surface area contributed by atoms with Crippen molar-refractivity contribution in [1.29, 1.82) is 0 Å². The highest BCUT2D eigenvalue weighted by Crippen LogP contribution is 2.25. The highest BCUT2D eigenvalue weighted by molar-refractivity contribution is 7.99. The minimum absolute atomic E-state index is 0.191. The normalized spacial score (nSPS) is 12.0. The number of hydrogen-bond acceptors (Lipinski definition) is 5. The Labute approximate surface area is 167 Å². The summed E-state index contributed by atoms with van der Waals surface area (Å²) >= 11 is 1.39. The lowest BCUT2D eigenvalue weighted by atomic mass is 10.2. The third-order valence-electron chi connectivity index (χ3n) is 4.00. The highest BCUT2D eigenvalue weighted by Gasteiger charge is 2.15. The smallest absolute Gasteiger partial charge is 0.191 e. The van der Waals surface area contributed by atoms with E-state index in [0.717, 1.165) is 16.9 Å². The van der Waals surface area contributed by atoms with Gasteiger partial charge >= 0.3 is 0 Å². The monoisotopic (exact) mass is 399 g/mol. The number of rotatable bonds is 9. The zero-order valence-electron chi connectivity index (χ0n) is 15.6. The molecule has 0 unspecified atom stereocenters. The topological polar surface area (TPSA) is 60.2 Å². The van der Waals surface area contributed by atoms with Crippen LogP contribution in [-0.4, -0.2) is 38.3 Å². The van der Waals surface area contributed by atoms with E-state index in [0.29, 0.717) is 23.3 Å². The number of ether oxygens (including phenoxy) is 1. The van der Waals surface area contributed by atoms with E-state index in [2.05, 4.69) is 16.8 Å². The predicted molar refractivity (Wildman–Crippen MR) is 109 cm³/mol. The standard InChI is InChI=1S/C21H22FN3O2S/c1-3-12-25-20(16-6-8-17(22)9-7-16)23-24-21(25)28-14-18(26)13-27-19-10-4-15(2)5-11-19/h3-11,18,26H,1,12-14H2,2H3/t18-/m1/s1. The maximum atomic E-state index is 13.2. The molecular weight excluding hydrogens is 377 g/mol. The molecule has 0 amide bonds. The number of benzene rings is 2. The molecule has 2 aromatic carbocycles. The van der Waals surface area contributed by atoms with Crippen LogP contribution in [0.25, 0.3) is 11.4 Å². The molecule has 0 aliphatic heterocycles. The van der Waals surface area contributed by atoms with Gasteiger partial charge in [0, 0.05) is 17.9 Å². The Morgan fingerprint density at radius 2 is 1.89 bits per heavy atom. The van der Waals surface area contributed by atoms with Crippen LogP contribution < -0.4 is 4.74 Å². The molecule has 0 aliphatic carbocycles. The van der Waals surface area contributed by atoms with Gasteiger partial charge in [0.1, 0.15) is 18.2 Å². The molecule has 7 heteroatoms. The number of hydrogen-bond donors (Lipinski definition) is 1. The maximum Gasteiger partial charge on any atom is 0.191 e. The van der Waals surface area contributed by atoms with E-state index in [4.69, 9.17) is 4.74 Å². The van der Waals surface area contributed by atoms with Gasteiger partial charge in [-0.05, 0) is 43.3 Å². The molecule has 1 atom stereocenters. The van der Waals surface area contributed by atoms with Crippen molar-refractivity contribution in [2.45, 2.75) is 24.7 Å². The summed E-state index contributed by atoms with van der Waals surface area (Å²) in [6.07, 6.45) is 1.09. The lowest BCUT2D eigenvalue weighted by molar-refractivity contribution is 0.126. The highest BCUT2D eigenvalue weighted by atomic mass is 32.2. The summed E-state index contributed by atoms with van der Waals surface area (Å²) in [5.41, 5.74) is 1.92. The first kappa shape index (κ1) is 20.1. The van der Waals surface area contributed by atoms with Crippen molar-refractivity contribution in [1.82, 2.24) is 14.8 Å². The van der Waals surface area contributed by atoms with Gasteiger partial charge in [-0.25, -0.2) is 4.39 Å². The van der Waals surface area contributed by atoms with Gasteiger partial charge < -0.3 is 9.84 Å².